The molecule has 0 amide bonds. The summed E-state index contributed by atoms with van der Waals surface area (Å²) in [5.41, 5.74) is 7.09. The molecule has 3 rings (SSSR count). The number of hydrogen-bond donors (Lipinski definition) is 1. The third-order valence-electron chi connectivity index (χ3n) is 2.98. The van der Waals surface area contributed by atoms with Gasteiger partial charge in [-0.2, -0.15) is 0 Å². The highest BCUT2D eigenvalue weighted by Gasteiger charge is 2.32. The molecule has 0 radical (unpaired) electrons. The Morgan fingerprint density at radius 2 is 1.93 bits per heavy atom. The molecule has 1 fully saturated rings. The molecular formula is C11H12ClNO2. The molecule has 2 N–H and O–H groups in total. The summed E-state index contributed by atoms with van der Waals surface area (Å²) in [7, 11) is 0. The Morgan fingerprint density at radius 1 is 1.27 bits per heavy atom. The van der Waals surface area contributed by atoms with Gasteiger partial charge in [-0.3, -0.25) is 0 Å². The Kier molecular flexibility index (Phi) is 2.04. The van der Waals surface area contributed by atoms with Crippen molar-refractivity contribution in [1.29, 1.82) is 0 Å². The summed E-state index contributed by atoms with van der Waals surface area (Å²) < 4.78 is 10.6. The van der Waals surface area contributed by atoms with Gasteiger partial charge in [-0.15, -0.1) is 0 Å². The minimum Gasteiger partial charge on any atom is -0.454 e. The lowest BCUT2D eigenvalue weighted by Gasteiger charge is -2.13. The standard InChI is InChI=1S/C11H12ClNO2/c12-8-4-10-9(14-5-15-10)3-7(8)11(13)6-1-2-6/h3-4,6,11H,1-2,5,13H2/t11-/m0/s1. The Bertz CT molecular complexity index is 404. The Balaban J connectivity index is 1.99. The largest absolute Gasteiger partial charge is 0.454 e. The van der Waals surface area contributed by atoms with E-state index in [2.05, 4.69) is 0 Å². The number of halogens is 1. The van der Waals surface area contributed by atoms with E-state index in [4.69, 9.17) is 26.8 Å². The molecule has 2 aliphatic rings. The molecule has 0 unspecified atom stereocenters. The number of rotatable bonds is 2. The summed E-state index contributed by atoms with van der Waals surface area (Å²) >= 11 is 6.16. The van der Waals surface area contributed by atoms with Gasteiger partial charge in [0.15, 0.2) is 11.5 Å². The molecule has 0 saturated heterocycles. The molecular weight excluding hydrogens is 214 g/mol. The maximum atomic E-state index is 6.16. The highest BCUT2D eigenvalue weighted by Crippen LogP contribution is 2.45. The van der Waals surface area contributed by atoms with Gasteiger partial charge in [0, 0.05) is 17.1 Å². The highest BCUT2D eigenvalue weighted by atomic mass is 35.5. The maximum absolute atomic E-state index is 6.16. The predicted octanol–water partition coefficient (Wildman–Crippen LogP) is 2.48. The Morgan fingerprint density at radius 3 is 2.60 bits per heavy atom. The van der Waals surface area contributed by atoms with E-state index < -0.39 is 0 Å². The van der Waals surface area contributed by atoms with Gasteiger partial charge in [-0.25, -0.2) is 0 Å². The number of nitrogens with two attached hydrogens (primary N) is 1. The molecule has 80 valence electrons. The summed E-state index contributed by atoms with van der Waals surface area (Å²) in [6.45, 7) is 0.272. The van der Waals surface area contributed by atoms with Gasteiger partial charge in [0.05, 0.1) is 0 Å². The Labute approximate surface area is 93.1 Å². The molecule has 1 saturated carbocycles. The zero-order valence-electron chi connectivity index (χ0n) is 8.20. The first-order valence-electron chi connectivity index (χ1n) is 5.10. The van der Waals surface area contributed by atoms with Crippen LogP contribution in [0.3, 0.4) is 0 Å². The fraction of sp³-hybridized carbons (Fsp3) is 0.455. The van der Waals surface area contributed by atoms with Crippen molar-refractivity contribution in [1.82, 2.24) is 0 Å². The third-order valence-corrected chi connectivity index (χ3v) is 3.31. The number of benzene rings is 1. The van der Waals surface area contributed by atoms with Gasteiger partial charge in [0.2, 0.25) is 6.79 Å². The predicted molar refractivity (Wildman–Crippen MR) is 57.2 cm³/mol. The topological polar surface area (TPSA) is 44.5 Å². The Hall–Kier alpha value is -0.930. The number of hydrogen-bond acceptors (Lipinski definition) is 3. The number of ether oxygens (including phenoxy) is 2. The van der Waals surface area contributed by atoms with Gasteiger partial charge in [-0.05, 0) is 30.4 Å². The van der Waals surface area contributed by atoms with Gasteiger partial charge in [0.25, 0.3) is 0 Å². The molecule has 4 heteroatoms. The van der Waals surface area contributed by atoms with Crippen molar-refractivity contribution in [2.24, 2.45) is 11.7 Å². The van der Waals surface area contributed by atoms with Crippen molar-refractivity contribution in [3.63, 3.8) is 0 Å². The van der Waals surface area contributed by atoms with Gasteiger partial charge in [0.1, 0.15) is 0 Å². The summed E-state index contributed by atoms with van der Waals surface area (Å²) in [6, 6.07) is 3.74. The lowest BCUT2D eigenvalue weighted by Crippen LogP contribution is -2.12. The van der Waals surface area contributed by atoms with Crippen LogP contribution in [0.25, 0.3) is 0 Å². The summed E-state index contributed by atoms with van der Waals surface area (Å²) in [5, 5.41) is 0.679. The lowest BCUT2D eigenvalue weighted by molar-refractivity contribution is 0.174. The molecule has 3 nitrogen and oxygen atoms in total. The van der Waals surface area contributed by atoms with Crippen molar-refractivity contribution in [2.75, 3.05) is 6.79 Å². The first-order chi connectivity index (χ1) is 7.25. The molecule has 0 spiro atoms. The second kappa shape index (κ2) is 3.29. The van der Waals surface area contributed by atoms with Crippen molar-refractivity contribution in [2.45, 2.75) is 18.9 Å². The molecule has 1 aromatic rings. The molecule has 15 heavy (non-hydrogen) atoms. The quantitative estimate of drug-likeness (QED) is 0.841. The van der Waals surface area contributed by atoms with Crippen LogP contribution >= 0.6 is 11.6 Å². The van der Waals surface area contributed by atoms with Crippen molar-refractivity contribution in [3.8, 4) is 11.5 Å². The third kappa shape index (κ3) is 1.56. The fourth-order valence-electron chi connectivity index (χ4n) is 1.90. The normalized spacial score (nSPS) is 20.4. The number of fused-ring (bicyclic) bond motifs is 1. The van der Waals surface area contributed by atoms with Crippen LogP contribution in [-0.2, 0) is 0 Å². The van der Waals surface area contributed by atoms with E-state index in [9.17, 15) is 0 Å². The van der Waals surface area contributed by atoms with E-state index >= 15 is 0 Å². The minimum absolute atomic E-state index is 0.0343. The average molecular weight is 226 g/mol. The van der Waals surface area contributed by atoms with Crippen LogP contribution < -0.4 is 15.2 Å². The van der Waals surface area contributed by atoms with E-state index in [1.54, 1.807) is 6.07 Å². The van der Waals surface area contributed by atoms with Crippen LogP contribution in [0.1, 0.15) is 24.4 Å². The van der Waals surface area contributed by atoms with Crippen molar-refractivity contribution < 1.29 is 9.47 Å². The van der Waals surface area contributed by atoms with Gasteiger partial charge in [-0.1, -0.05) is 11.6 Å². The highest BCUT2D eigenvalue weighted by molar-refractivity contribution is 6.31. The molecule has 1 aliphatic heterocycles. The average Bonchev–Trinajstić information content (AvgIpc) is 2.97. The second-order valence-electron chi connectivity index (χ2n) is 4.09. The fourth-order valence-corrected chi connectivity index (χ4v) is 2.18. The van der Waals surface area contributed by atoms with Gasteiger partial charge < -0.3 is 15.2 Å². The van der Waals surface area contributed by atoms with E-state index in [0.717, 1.165) is 11.3 Å². The van der Waals surface area contributed by atoms with Crippen molar-refractivity contribution in [3.05, 3.63) is 22.7 Å². The van der Waals surface area contributed by atoms with Crippen LogP contribution in [0.2, 0.25) is 5.02 Å². The van der Waals surface area contributed by atoms with E-state index in [0.29, 0.717) is 16.7 Å². The maximum Gasteiger partial charge on any atom is 0.231 e. The van der Waals surface area contributed by atoms with Crippen molar-refractivity contribution >= 4 is 11.6 Å². The molecule has 1 aliphatic carbocycles. The molecule has 1 heterocycles. The van der Waals surface area contributed by atoms with Crippen LogP contribution in [0, 0.1) is 5.92 Å². The first kappa shape index (κ1) is 9.31. The SMILES string of the molecule is N[C@H](c1cc2c(cc1Cl)OCO2)C1CC1. The summed E-state index contributed by atoms with van der Waals surface area (Å²) in [5.74, 6) is 2.06. The van der Waals surface area contributed by atoms with Crippen LogP contribution in [0.4, 0.5) is 0 Å². The van der Waals surface area contributed by atoms with E-state index in [1.165, 1.54) is 12.8 Å². The molecule has 0 bridgehead atoms. The smallest absolute Gasteiger partial charge is 0.231 e. The van der Waals surface area contributed by atoms with Crippen LogP contribution in [0.5, 0.6) is 11.5 Å². The monoisotopic (exact) mass is 225 g/mol. The van der Waals surface area contributed by atoms with Gasteiger partial charge >= 0.3 is 0 Å². The molecule has 0 aromatic heterocycles. The second-order valence-corrected chi connectivity index (χ2v) is 4.50. The minimum atomic E-state index is 0.0343. The lowest BCUT2D eigenvalue weighted by atomic mass is 10.0. The van der Waals surface area contributed by atoms with E-state index in [-0.39, 0.29) is 12.8 Å². The summed E-state index contributed by atoms with van der Waals surface area (Å²) in [6.07, 6.45) is 2.40. The zero-order valence-corrected chi connectivity index (χ0v) is 8.96. The first-order valence-corrected chi connectivity index (χ1v) is 5.48. The molecule has 1 atom stereocenters. The molecule has 1 aromatic carbocycles. The van der Waals surface area contributed by atoms with E-state index in [1.807, 2.05) is 6.07 Å². The van der Waals surface area contributed by atoms with Crippen LogP contribution in [-0.4, -0.2) is 6.79 Å². The summed E-state index contributed by atoms with van der Waals surface area (Å²) in [4.78, 5) is 0. The van der Waals surface area contributed by atoms with Crippen LogP contribution in [0.15, 0.2) is 12.1 Å². The zero-order chi connectivity index (χ0) is 10.4.